The van der Waals surface area contributed by atoms with E-state index in [1.165, 1.54) is 24.5 Å². The van der Waals surface area contributed by atoms with Crippen molar-refractivity contribution in [3.05, 3.63) is 34.1 Å². The van der Waals surface area contributed by atoms with Gasteiger partial charge in [0.1, 0.15) is 5.82 Å². The van der Waals surface area contributed by atoms with Crippen molar-refractivity contribution in [1.29, 1.82) is 0 Å². The van der Waals surface area contributed by atoms with E-state index in [2.05, 4.69) is 21.2 Å². The van der Waals surface area contributed by atoms with Crippen molar-refractivity contribution in [3.63, 3.8) is 0 Å². The highest BCUT2D eigenvalue weighted by atomic mass is 79.9. The molecule has 7 heteroatoms. The van der Waals surface area contributed by atoms with Crippen molar-refractivity contribution in [3.8, 4) is 0 Å². The summed E-state index contributed by atoms with van der Waals surface area (Å²) in [6, 6.07) is 4.79. The summed E-state index contributed by atoms with van der Waals surface area (Å²) < 4.78 is 38.2. The largest absolute Gasteiger partial charge is 0.312 e. The average molecular weight is 339 g/mol. The van der Waals surface area contributed by atoms with Crippen LogP contribution in [-0.4, -0.2) is 39.1 Å². The van der Waals surface area contributed by atoms with Gasteiger partial charge in [0, 0.05) is 37.2 Å². The molecule has 0 saturated heterocycles. The van der Waals surface area contributed by atoms with Crippen LogP contribution in [0.1, 0.15) is 5.56 Å². The van der Waals surface area contributed by atoms with Gasteiger partial charge in [0.2, 0.25) is 10.0 Å². The Kier molecular flexibility index (Phi) is 5.71. The second-order valence-electron chi connectivity index (χ2n) is 4.01. The lowest BCUT2D eigenvalue weighted by atomic mass is 10.2. The van der Waals surface area contributed by atoms with Gasteiger partial charge in [-0.25, -0.2) is 17.1 Å². The maximum Gasteiger partial charge on any atom is 0.214 e. The number of nitrogens with one attached hydrogen (secondary N) is 1. The molecule has 0 bridgehead atoms. The number of halogens is 2. The molecule has 0 spiro atoms. The average Bonchev–Trinajstić information content (AvgIpc) is 2.26. The molecule has 4 nitrogen and oxygen atoms in total. The minimum Gasteiger partial charge on any atom is -0.312 e. The summed E-state index contributed by atoms with van der Waals surface area (Å²) in [5, 5.41) is 2.91. The summed E-state index contributed by atoms with van der Waals surface area (Å²) in [6.45, 7) is 0.595. The molecule has 1 aromatic rings. The Morgan fingerprint density at radius 2 is 2.06 bits per heavy atom. The molecule has 0 aliphatic rings. The van der Waals surface area contributed by atoms with Crippen LogP contribution in [0.15, 0.2) is 22.7 Å². The van der Waals surface area contributed by atoms with E-state index in [1.807, 2.05) is 0 Å². The van der Waals surface area contributed by atoms with E-state index >= 15 is 0 Å². The minimum absolute atomic E-state index is 0.00184. The molecule has 0 fully saturated rings. The SMILES string of the molecule is CN(C)S(=O)(=O)CCNCc1ccc(Br)cc1F. The molecule has 0 unspecified atom stereocenters. The minimum atomic E-state index is -3.20. The van der Waals surface area contributed by atoms with Gasteiger partial charge in [-0.3, -0.25) is 0 Å². The van der Waals surface area contributed by atoms with E-state index < -0.39 is 10.0 Å². The van der Waals surface area contributed by atoms with E-state index in [9.17, 15) is 12.8 Å². The Balaban J connectivity index is 2.43. The summed E-state index contributed by atoms with van der Waals surface area (Å²) in [4.78, 5) is 0. The second-order valence-corrected chi connectivity index (χ2v) is 7.23. The van der Waals surface area contributed by atoms with Crippen LogP contribution in [0.5, 0.6) is 0 Å². The molecule has 0 amide bonds. The molecule has 0 heterocycles. The molecule has 1 rings (SSSR count). The number of rotatable bonds is 6. The molecule has 0 atom stereocenters. The smallest absolute Gasteiger partial charge is 0.214 e. The fraction of sp³-hybridized carbons (Fsp3) is 0.455. The molecule has 18 heavy (non-hydrogen) atoms. The lowest BCUT2D eigenvalue weighted by molar-refractivity contribution is 0.516. The fourth-order valence-corrected chi connectivity index (χ4v) is 2.37. The quantitative estimate of drug-likeness (QED) is 0.801. The summed E-state index contributed by atoms with van der Waals surface area (Å²) in [7, 11) is -0.220. The highest BCUT2D eigenvalue weighted by molar-refractivity contribution is 9.10. The van der Waals surface area contributed by atoms with Crippen molar-refractivity contribution >= 4 is 26.0 Å². The highest BCUT2D eigenvalue weighted by Crippen LogP contribution is 2.14. The van der Waals surface area contributed by atoms with E-state index in [-0.39, 0.29) is 18.1 Å². The van der Waals surface area contributed by atoms with Crippen LogP contribution in [0, 0.1) is 5.82 Å². The maximum absolute atomic E-state index is 13.4. The molecule has 0 saturated carbocycles. The molecule has 0 aliphatic carbocycles. The molecule has 1 N–H and O–H groups in total. The lowest BCUT2D eigenvalue weighted by Gasteiger charge is -2.11. The molecule has 102 valence electrons. The third-order valence-corrected chi connectivity index (χ3v) is 4.75. The first-order valence-electron chi connectivity index (χ1n) is 5.38. The van der Waals surface area contributed by atoms with Gasteiger partial charge in [-0.05, 0) is 12.1 Å². The van der Waals surface area contributed by atoms with Crippen molar-refractivity contribution < 1.29 is 12.8 Å². The van der Waals surface area contributed by atoms with Gasteiger partial charge in [0.15, 0.2) is 0 Å². The Hall–Kier alpha value is -0.500. The Bertz CT molecular complexity index is 506. The maximum atomic E-state index is 13.4. The van der Waals surface area contributed by atoms with Gasteiger partial charge in [-0.2, -0.15) is 0 Å². The summed E-state index contributed by atoms with van der Waals surface area (Å²) >= 11 is 3.17. The topological polar surface area (TPSA) is 49.4 Å². The van der Waals surface area contributed by atoms with Gasteiger partial charge < -0.3 is 5.32 Å². The monoisotopic (exact) mass is 338 g/mol. The number of nitrogens with zero attached hydrogens (tertiary/aromatic N) is 1. The summed E-state index contributed by atoms with van der Waals surface area (Å²) in [5.74, 6) is -0.314. The van der Waals surface area contributed by atoms with Crippen molar-refractivity contribution in [2.75, 3.05) is 26.4 Å². The molecule has 0 radical (unpaired) electrons. The van der Waals surface area contributed by atoms with Gasteiger partial charge in [-0.1, -0.05) is 22.0 Å². The highest BCUT2D eigenvalue weighted by Gasteiger charge is 2.12. The first kappa shape index (κ1) is 15.6. The predicted octanol–water partition coefficient (Wildman–Crippen LogP) is 1.57. The van der Waals surface area contributed by atoms with E-state index in [0.29, 0.717) is 16.6 Å². The summed E-state index contributed by atoms with van der Waals surface area (Å²) in [6.07, 6.45) is 0. The van der Waals surface area contributed by atoms with Gasteiger partial charge in [-0.15, -0.1) is 0 Å². The van der Waals surface area contributed by atoms with E-state index in [0.717, 1.165) is 0 Å². The zero-order valence-electron chi connectivity index (χ0n) is 10.3. The first-order chi connectivity index (χ1) is 8.33. The van der Waals surface area contributed by atoms with E-state index in [1.54, 1.807) is 12.1 Å². The fourth-order valence-electron chi connectivity index (χ4n) is 1.27. The third kappa shape index (κ3) is 4.64. The Labute approximate surface area is 115 Å². The molecular weight excluding hydrogens is 323 g/mol. The standard InChI is InChI=1S/C11H16BrFN2O2S/c1-15(2)18(16,17)6-5-14-8-9-3-4-10(12)7-11(9)13/h3-4,7,14H,5-6,8H2,1-2H3. The Morgan fingerprint density at radius 1 is 1.39 bits per heavy atom. The second kappa shape index (κ2) is 6.60. The molecule has 0 aliphatic heterocycles. The van der Waals surface area contributed by atoms with Crippen molar-refractivity contribution in [2.45, 2.75) is 6.54 Å². The number of hydrogen-bond acceptors (Lipinski definition) is 3. The van der Waals surface area contributed by atoms with Crippen LogP contribution >= 0.6 is 15.9 Å². The zero-order chi connectivity index (χ0) is 13.8. The van der Waals surface area contributed by atoms with Crippen LogP contribution in [0.2, 0.25) is 0 Å². The van der Waals surface area contributed by atoms with Crippen molar-refractivity contribution in [2.24, 2.45) is 0 Å². The molecule has 0 aromatic heterocycles. The summed E-state index contributed by atoms with van der Waals surface area (Å²) in [5.41, 5.74) is 0.514. The van der Waals surface area contributed by atoms with Crippen LogP contribution in [-0.2, 0) is 16.6 Å². The van der Waals surface area contributed by atoms with Gasteiger partial charge >= 0.3 is 0 Å². The number of benzene rings is 1. The molecular formula is C11H16BrFN2O2S. The van der Waals surface area contributed by atoms with Crippen LogP contribution in [0.4, 0.5) is 4.39 Å². The molecule has 1 aromatic carbocycles. The van der Waals surface area contributed by atoms with E-state index in [4.69, 9.17) is 0 Å². The number of hydrogen-bond donors (Lipinski definition) is 1. The van der Waals surface area contributed by atoms with Crippen molar-refractivity contribution in [1.82, 2.24) is 9.62 Å². The zero-order valence-corrected chi connectivity index (χ0v) is 12.7. The van der Waals surface area contributed by atoms with Crippen LogP contribution < -0.4 is 5.32 Å². The van der Waals surface area contributed by atoms with Crippen LogP contribution in [0.25, 0.3) is 0 Å². The van der Waals surface area contributed by atoms with Gasteiger partial charge in [0.25, 0.3) is 0 Å². The third-order valence-electron chi connectivity index (χ3n) is 2.42. The lowest BCUT2D eigenvalue weighted by Crippen LogP contribution is -2.31. The normalized spacial score (nSPS) is 12.1. The van der Waals surface area contributed by atoms with Crippen LogP contribution in [0.3, 0.4) is 0 Å². The van der Waals surface area contributed by atoms with Gasteiger partial charge in [0.05, 0.1) is 5.75 Å². The first-order valence-corrected chi connectivity index (χ1v) is 7.78. The Morgan fingerprint density at radius 3 is 2.61 bits per heavy atom. The predicted molar refractivity (Wildman–Crippen MR) is 73.3 cm³/mol. The number of sulfonamides is 1.